The molecule has 0 aromatic heterocycles. The first-order valence-electron chi connectivity index (χ1n) is 2.71. The van der Waals surface area contributed by atoms with Crippen molar-refractivity contribution < 1.29 is 4.79 Å². The summed E-state index contributed by atoms with van der Waals surface area (Å²) in [6.45, 7) is 4.23. The Labute approximate surface area is 73.1 Å². The molecule has 0 amide bonds. The van der Waals surface area contributed by atoms with Crippen LogP contribution >= 0.6 is 0 Å². The predicted octanol–water partition coefficient (Wildman–Crippen LogP) is 0.973. The Bertz CT molecular complexity index is 52.5. The van der Waals surface area contributed by atoms with Crippen molar-refractivity contribution in [3.63, 3.8) is 0 Å². The molecule has 0 fully saturated rings. The van der Waals surface area contributed by atoms with Gasteiger partial charge in [0.2, 0.25) is 0 Å². The van der Waals surface area contributed by atoms with Gasteiger partial charge in [0.05, 0.1) is 0 Å². The zero-order valence-electron chi connectivity index (χ0n) is 4.98. The van der Waals surface area contributed by atoms with Crippen molar-refractivity contribution in [3.05, 3.63) is 0 Å². The molecule has 0 rings (SSSR count). The van der Waals surface area contributed by atoms with Gasteiger partial charge in [-0.2, -0.15) is 0 Å². The zero-order valence-corrected chi connectivity index (χ0v) is 4.98. The molecule has 0 aromatic carbocycles. The number of hydrogen-bond acceptors (Lipinski definition) is 1. The first-order valence-corrected chi connectivity index (χ1v) is 2.71. The van der Waals surface area contributed by atoms with Crippen molar-refractivity contribution in [2.45, 2.75) is 26.7 Å². The fourth-order valence-electron chi connectivity index (χ4n) is 0.401. The van der Waals surface area contributed by atoms with Gasteiger partial charge in [0.1, 0.15) is 6.29 Å². The van der Waals surface area contributed by atoms with Crippen LogP contribution in [-0.4, -0.2) is 35.8 Å². The first kappa shape index (κ1) is 11.5. The Balaban J connectivity index is 0. The molecular weight excluding hydrogens is 111 g/mol. The fraction of sp³-hybridized carbons (Fsp3) is 0.833. The van der Waals surface area contributed by atoms with Crippen molar-refractivity contribution >= 4 is 35.8 Å². The Morgan fingerprint density at radius 3 is 2.12 bits per heavy atom. The van der Waals surface area contributed by atoms with Gasteiger partial charge in [-0.05, 0) is 12.3 Å². The van der Waals surface area contributed by atoms with Crippen molar-refractivity contribution in [3.8, 4) is 0 Å². The summed E-state index contributed by atoms with van der Waals surface area (Å²) < 4.78 is 0. The number of hydrogen-bond donors (Lipinski definition) is 0. The van der Waals surface area contributed by atoms with Gasteiger partial charge in [-0.15, -0.1) is 0 Å². The average molecular weight is 124 g/mol. The summed E-state index contributed by atoms with van der Waals surface area (Å²) in [5.41, 5.74) is 0. The SMILES string of the molecule is CC(C)CCC=O.[NaH]. The van der Waals surface area contributed by atoms with Gasteiger partial charge in [0, 0.05) is 6.42 Å². The molecule has 0 N–H and O–H groups in total. The van der Waals surface area contributed by atoms with Gasteiger partial charge in [-0.3, -0.25) is 0 Å². The van der Waals surface area contributed by atoms with Crippen molar-refractivity contribution in [2.24, 2.45) is 5.92 Å². The molecule has 8 heavy (non-hydrogen) atoms. The number of aldehydes is 1. The van der Waals surface area contributed by atoms with E-state index in [2.05, 4.69) is 13.8 Å². The molecule has 0 saturated carbocycles. The van der Waals surface area contributed by atoms with Crippen LogP contribution in [0.2, 0.25) is 0 Å². The van der Waals surface area contributed by atoms with E-state index in [9.17, 15) is 4.79 Å². The van der Waals surface area contributed by atoms with E-state index in [0.717, 1.165) is 19.1 Å². The number of carbonyl (C=O) groups excluding carboxylic acids is 1. The molecule has 2 heteroatoms. The van der Waals surface area contributed by atoms with Crippen LogP contribution in [0.1, 0.15) is 26.7 Å². The first-order chi connectivity index (χ1) is 3.27. The molecule has 44 valence electrons. The Hall–Kier alpha value is 0.670. The van der Waals surface area contributed by atoms with E-state index < -0.39 is 0 Å². The molecule has 0 atom stereocenters. The zero-order chi connectivity index (χ0) is 5.70. The maximum atomic E-state index is 9.71. The Morgan fingerprint density at radius 2 is 2.00 bits per heavy atom. The molecule has 0 aliphatic heterocycles. The standard InChI is InChI=1S/C6H12O.Na.H/c1-6(2)4-3-5-7;;/h5-6H,3-4H2,1-2H3;;. The summed E-state index contributed by atoms with van der Waals surface area (Å²) >= 11 is 0. The average Bonchev–Trinajstić information content (AvgIpc) is 1.61. The summed E-state index contributed by atoms with van der Waals surface area (Å²) in [4.78, 5) is 9.71. The maximum absolute atomic E-state index is 9.71. The van der Waals surface area contributed by atoms with Crippen LogP contribution in [-0.2, 0) is 4.79 Å². The third-order valence-corrected chi connectivity index (χ3v) is 0.862. The van der Waals surface area contributed by atoms with E-state index >= 15 is 0 Å². The van der Waals surface area contributed by atoms with E-state index in [0.29, 0.717) is 5.92 Å². The topological polar surface area (TPSA) is 17.1 Å². The molecule has 0 aromatic rings. The Morgan fingerprint density at radius 1 is 1.50 bits per heavy atom. The van der Waals surface area contributed by atoms with Crippen LogP contribution in [0, 0.1) is 5.92 Å². The molecule has 0 spiro atoms. The molecule has 0 unspecified atom stereocenters. The summed E-state index contributed by atoms with van der Waals surface area (Å²) in [6, 6.07) is 0. The van der Waals surface area contributed by atoms with Crippen LogP contribution in [0.3, 0.4) is 0 Å². The van der Waals surface area contributed by atoms with Crippen molar-refractivity contribution in [2.75, 3.05) is 0 Å². The molecule has 0 bridgehead atoms. The van der Waals surface area contributed by atoms with Crippen LogP contribution < -0.4 is 0 Å². The van der Waals surface area contributed by atoms with E-state index in [4.69, 9.17) is 0 Å². The molecular formula is C6H13NaO. The van der Waals surface area contributed by atoms with Crippen molar-refractivity contribution in [1.82, 2.24) is 0 Å². The van der Waals surface area contributed by atoms with Crippen LogP contribution in [0.5, 0.6) is 0 Å². The van der Waals surface area contributed by atoms with E-state index in [1.807, 2.05) is 0 Å². The minimum absolute atomic E-state index is 0. The van der Waals surface area contributed by atoms with Gasteiger partial charge in [-0.25, -0.2) is 0 Å². The second-order valence-corrected chi connectivity index (χ2v) is 2.14. The van der Waals surface area contributed by atoms with Crippen LogP contribution in [0.25, 0.3) is 0 Å². The van der Waals surface area contributed by atoms with E-state index in [-0.39, 0.29) is 29.6 Å². The summed E-state index contributed by atoms with van der Waals surface area (Å²) in [7, 11) is 0. The second kappa shape index (κ2) is 7.67. The third kappa shape index (κ3) is 9.83. The molecule has 0 radical (unpaired) electrons. The monoisotopic (exact) mass is 124 g/mol. The number of rotatable bonds is 3. The molecule has 1 nitrogen and oxygen atoms in total. The Kier molecular flexibility index (Phi) is 11.0. The van der Waals surface area contributed by atoms with Gasteiger partial charge in [-0.1, -0.05) is 13.8 Å². The third-order valence-electron chi connectivity index (χ3n) is 0.862. The predicted molar refractivity (Wildman–Crippen MR) is 37.3 cm³/mol. The summed E-state index contributed by atoms with van der Waals surface area (Å²) in [5, 5.41) is 0. The van der Waals surface area contributed by atoms with Gasteiger partial charge in [0.15, 0.2) is 0 Å². The second-order valence-electron chi connectivity index (χ2n) is 2.14. The van der Waals surface area contributed by atoms with E-state index in [1.54, 1.807) is 0 Å². The fourth-order valence-corrected chi connectivity index (χ4v) is 0.401. The molecule has 0 saturated heterocycles. The molecule has 0 aliphatic carbocycles. The van der Waals surface area contributed by atoms with Gasteiger partial charge in [0.25, 0.3) is 0 Å². The molecule has 0 aliphatic rings. The quantitative estimate of drug-likeness (QED) is 0.405. The van der Waals surface area contributed by atoms with Gasteiger partial charge >= 0.3 is 29.6 Å². The van der Waals surface area contributed by atoms with E-state index in [1.165, 1.54) is 0 Å². The number of carbonyl (C=O) groups is 1. The summed E-state index contributed by atoms with van der Waals surface area (Å²) in [5.74, 6) is 0.671. The summed E-state index contributed by atoms with van der Waals surface area (Å²) in [6.07, 6.45) is 2.72. The van der Waals surface area contributed by atoms with Crippen molar-refractivity contribution in [1.29, 1.82) is 0 Å². The minimum atomic E-state index is 0. The van der Waals surface area contributed by atoms with Crippen LogP contribution in [0.4, 0.5) is 0 Å². The normalized spacial score (nSPS) is 8.38. The van der Waals surface area contributed by atoms with Gasteiger partial charge < -0.3 is 4.79 Å². The molecule has 0 heterocycles. The van der Waals surface area contributed by atoms with Crippen LogP contribution in [0.15, 0.2) is 0 Å².